The van der Waals surface area contributed by atoms with Crippen LogP contribution in [0.5, 0.6) is 0 Å². The number of nitrogens with one attached hydrogen (secondary N) is 2. The Hall–Kier alpha value is -0.820. The first kappa shape index (κ1) is 19.2. The third-order valence-electron chi connectivity index (χ3n) is 4.05. The molecule has 0 amide bonds. The molecule has 1 fully saturated rings. The van der Waals surface area contributed by atoms with E-state index in [2.05, 4.69) is 48.7 Å². The van der Waals surface area contributed by atoms with Crippen LogP contribution in [0, 0.1) is 6.92 Å². The number of hydrogen-bond acceptors (Lipinski definition) is 2. The predicted octanol–water partition coefficient (Wildman–Crippen LogP) is 2.85. The topological polar surface area (TPSA) is 45.7 Å². The Balaban J connectivity index is 0.00000242. The van der Waals surface area contributed by atoms with Gasteiger partial charge in [-0.2, -0.15) is 0 Å². The quantitative estimate of drug-likeness (QED) is 0.311. The molecule has 1 saturated carbocycles. The van der Waals surface area contributed by atoms with Gasteiger partial charge in [0.05, 0.1) is 13.2 Å². The summed E-state index contributed by atoms with van der Waals surface area (Å²) < 4.78 is 5.07. The van der Waals surface area contributed by atoms with Crippen molar-refractivity contribution < 1.29 is 4.74 Å². The summed E-state index contributed by atoms with van der Waals surface area (Å²) in [6.07, 6.45) is 2.47. The van der Waals surface area contributed by atoms with Gasteiger partial charge in [-0.3, -0.25) is 4.99 Å². The number of hydrogen-bond donors (Lipinski definition) is 2. The Bertz CT molecular complexity index is 487. The molecule has 0 heterocycles. The molecule has 1 aromatic carbocycles. The van der Waals surface area contributed by atoms with Crippen LogP contribution >= 0.6 is 24.0 Å². The second-order valence-electron chi connectivity index (χ2n) is 5.71. The summed E-state index contributed by atoms with van der Waals surface area (Å²) in [5.74, 6) is 0.884. The molecule has 1 aliphatic rings. The molecule has 0 radical (unpaired) electrons. The highest BCUT2D eigenvalue weighted by molar-refractivity contribution is 14.0. The van der Waals surface area contributed by atoms with Crippen LogP contribution in [0.3, 0.4) is 0 Å². The van der Waals surface area contributed by atoms with Crippen molar-refractivity contribution in [2.45, 2.75) is 32.1 Å². The highest BCUT2D eigenvalue weighted by Crippen LogP contribution is 2.49. The van der Waals surface area contributed by atoms with Gasteiger partial charge >= 0.3 is 0 Å². The number of aliphatic imine (C=N–C) groups is 1. The number of rotatable bonds is 7. The minimum Gasteiger partial charge on any atom is -0.383 e. The van der Waals surface area contributed by atoms with Crippen LogP contribution in [0.4, 0.5) is 0 Å². The summed E-state index contributed by atoms with van der Waals surface area (Å²) in [4.78, 5) is 4.78. The fraction of sp³-hybridized carbons (Fsp3) is 0.588. The van der Waals surface area contributed by atoms with Gasteiger partial charge in [0.15, 0.2) is 5.96 Å². The van der Waals surface area contributed by atoms with Crippen LogP contribution in [-0.2, 0) is 10.2 Å². The lowest BCUT2D eigenvalue weighted by atomic mass is 9.92. The van der Waals surface area contributed by atoms with E-state index in [0.29, 0.717) is 6.61 Å². The predicted molar refractivity (Wildman–Crippen MR) is 103 cm³/mol. The largest absolute Gasteiger partial charge is 0.383 e. The van der Waals surface area contributed by atoms with Crippen LogP contribution < -0.4 is 10.6 Å². The lowest BCUT2D eigenvalue weighted by Gasteiger charge is -2.17. The Labute approximate surface area is 151 Å². The van der Waals surface area contributed by atoms with E-state index in [1.165, 1.54) is 24.0 Å². The molecule has 1 aromatic rings. The maximum atomic E-state index is 5.07. The summed E-state index contributed by atoms with van der Waals surface area (Å²) in [5.41, 5.74) is 3.10. The van der Waals surface area contributed by atoms with E-state index in [-0.39, 0.29) is 29.4 Å². The maximum absolute atomic E-state index is 5.07. The summed E-state index contributed by atoms with van der Waals surface area (Å²) in [5, 5.41) is 6.59. The zero-order valence-corrected chi connectivity index (χ0v) is 16.1. The standard InChI is InChI=1S/C17H27N3O.HI/c1-4-18-16(19-11-12-21-3)20-13-17(9-10-17)15-8-6-5-7-14(15)2;/h5-8H,4,9-13H2,1-3H3,(H2,18,19,20);1H. The molecule has 0 aliphatic heterocycles. The number of guanidine groups is 1. The lowest BCUT2D eigenvalue weighted by molar-refractivity contribution is 0.203. The molecule has 1 aliphatic carbocycles. The first-order valence-corrected chi connectivity index (χ1v) is 7.79. The van der Waals surface area contributed by atoms with Crippen molar-refractivity contribution >= 4 is 29.9 Å². The molecular weight excluding hydrogens is 389 g/mol. The van der Waals surface area contributed by atoms with E-state index in [1.54, 1.807) is 7.11 Å². The molecule has 0 atom stereocenters. The van der Waals surface area contributed by atoms with Crippen molar-refractivity contribution in [2.75, 3.05) is 33.4 Å². The monoisotopic (exact) mass is 417 g/mol. The number of aryl methyl sites for hydroxylation is 1. The fourth-order valence-electron chi connectivity index (χ4n) is 2.68. The molecular formula is C17H28IN3O. The van der Waals surface area contributed by atoms with Gasteiger partial charge in [0, 0.05) is 25.6 Å². The average Bonchev–Trinajstić information content (AvgIpc) is 3.26. The highest BCUT2D eigenvalue weighted by Gasteiger charge is 2.44. The van der Waals surface area contributed by atoms with Gasteiger partial charge < -0.3 is 15.4 Å². The van der Waals surface area contributed by atoms with Crippen molar-refractivity contribution in [3.8, 4) is 0 Å². The number of nitrogens with zero attached hydrogens (tertiary/aromatic N) is 1. The van der Waals surface area contributed by atoms with E-state index in [1.807, 2.05) is 0 Å². The summed E-state index contributed by atoms with van der Waals surface area (Å²) >= 11 is 0. The first-order valence-electron chi connectivity index (χ1n) is 7.79. The summed E-state index contributed by atoms with van der Waals surface area (Å²) in [6, 6.07) is 8.69. The Morgan fingerprint density at radius 3 is 2.59 bits per heavy atom. The molecule has 124 valence electrons. The number of methoxy groups -OCH3 is 1. The van der Waals surface area contributed by atoms with Crippen molar-refractivity contribution in [3.63, 3.8) is 0 Å². The maximum Gasteiger partial charge on any atom is 0.191 e. The van der Waals surface area contributed by atoms with E-state index in [9.17, 15) is 0 Å². The van der Waals surface area contributed by atoms with Gasteiger partial charge in [-0.05, 0) is 37.8 Å². The van der Waals surface area contributed by atoms with Crippen LogP contribution in [0.15, 0.2) is 29.3 Å². The molecule has 0 bridgehead atoms. The second-order valence-corrected chi connectivity index (χ2v) is 5.71. The Morgan fingerprint density at radius 2 is 2.00 bits per heavy atom. The smallest absolute Gasteiger partial charge is 0.191 e. The summed E-state index contributed by atoms with van der Waals surface area (Å²) in [6.45, 7) is 7.46. The number of ether oxygens (including phenoxy) is 1. The second kappa shape index (κ2) is 9.35. The van der Waals surface area contributed by atoms with Gasteiger partial charge in [-0.25, -0.2) is 0 Å². The molecule has 0 aromatic heterocycles. The number of halogens is 1. The van der Waals surface area contributed by atoms with Crippen molar-refractivity contribution in [1.29, 1.82) is 0 Å². The molecule has 2 N–H and O–H groups in total. The SMILES string of the molecule is CCNC(=NCC1(c2ccccc2C)CC1)NCCOC.I. The van der Waals surface area contributed by atoms with Gasteiger partial charge in [-0.15, -0.1) is 24.0 Å². The van der Waals surface area contributed by atoms with E-state index < -0.39 is 0 Å². The lowest BCUT2D eigenvalue weighted by Crippen LogP contribution is -2.39. The third kappa shape index (κ3) is 5.12. The molecule has 0 saturated heterocycles. The van der Waals surface area contributed by atoms with E-state index >= 15 is 0 Å². The Morgan fingerprint density at radius 1 is 1.27 bits per heavy atom. The van der Waals surface area contributed by atoms with Crippen LogP contribution in [0.2, 0.25) is 0 Å². The van der Waals surface area contributed by atoms with Crippen molar-refractivity contribution in [1.82, 2.24) is 10.6 Å². The van der Waals surface area contributed by atoms with Crippen LogP contribution in [0.25, 0.3) is 0 Å². The minimum atomic E-state index is 0. The minimum absolute atomic E-state index is 0. The van der Waals surface area contributed by atoms with Gasteiger partial charge in [0.1, 0.15) is 0 Å². The normalized spacial score (nSPS) is 15.9. The van der Waals surface area contributed by atoms with Crippen LogP contribution in [-0.4, -0.2) is 39.3 Å². The molecule has 4 nitrogen and oxygen atoms in total. The van der Waals surface area contributed by atoms with Gasteiger partial charge in [0.25, 0.3) is 0 Å². The zero-order chi connectivity index (χ0) is 15.1. The first-order chi connectivity index (χ1) is 10.2. The molecule has 22 heavy (non-hydrogen) atoms. The fourth-order valence-corrected chi connectivity index (χ4v) is 2.68. The summed E-state index contributed by atoms with van der Waals surface area (Å²) in [7, 11) is 1.71. The molecule has 0 unspecified atom stereocenters. The molecule has 0 spiro atoms. The van der Waals surface area contributed by atoms with Gasteiger partial charge in [-0.1, -0.05) is 24.3 Å². The van der Waals surface area contributed by atoms with Gasteiger partial charge in [0.2, 0.25) is 0 Å². The van der Waals surface area contributed by atoms with E-state index in [0.717, 1.165) is 25.6 Å². The number of benzene rings is 1. The third-order valence-corrected chi connectivity index (χ3v) is 4.05. The van der Waals surface area contributed by atoms with Crippen LogP contribution in [0.1, 0.15) is 30.9 Å². The highest BCUT2D eigenvalue weighted by atomic mass is 127. The van der Waals surface area contributed by atoms with Crippen molar-refractivity contribution in [3.05, 3.63) is 35.4 Å². The Kier molecular flexibility index (Phi) is 8.17. The molecule has 5 heteroatoms. The van der Waals surface area contributed by atoms with Crippen molar-refractivity contribution in [2.24, 2.45) is 4.99 Å². The van der Waals surface area contributed by atoms with E-state index in [4.69, 9.17) is 9.73 Å². The zero-order valence-electron chi connectivity index (χ0n) is 13.8. The molecule has 2 rings (SSSR count). The average molecular weight is 417 g/mol.